The minimum absolute atomic E-state index is 0.188. The predicted molar refractivity (Wildman–Crippen MR) is 104 cm³/mol. The molecule has 28 heavy (non-hydrogen) atoms. The number of esters is 1. The first-order valence-electron chi connectivity index (χ1n) is 9.29. The molecule has 0 saturated carbocycles. The molecule has 1 aliphatic rings. The van der Waals surface area contributed by atoms with Gasteiger partial charge in [0, 0.05) is 30.8 Å². The van der Waals surface area contributed by atoms with Gasteiger partial charge in [0.1, 0.15) is 5.52 Å². The number of rotatable bonds is 5. The van der Waals surface area contributed by atoms with Crippen LogP contribution < -0.4 is 0 Å². The van der Waals surface area contributed by atoms with Crippen molar-refractivity contribution in [1.29, 1.82) is 0 Å². The van der Waals surface area contributed by atoms with Crippen LogP contribution in [0.15, 0.2) is 65.1 Å². The lowest BCUT2D eigenvalue weighted by molar-refractivity contribution is -0.156. The smallest absolute Gasteiger partial charge is 0.332 e. The van der Waals surface area contributed by atoms with Crippen molar-refractivity contribution < 1.29 is 18.7 Å². The molecule has 4 rings (SSSR count). The highest BCUT2D eigenvalue weighted by atomic mass is 16.5. The molecule has 0 N–H and O–H groups in total. The second kappa shape index (κ2) is 8.08. The van der Waals surface area contributed by atoms with Crippen LogP contribution in [0.3, 0.4) is 0 Å². The zero-order valence-corrected chi connectivity index (χ0v) is 15.3. The SMILES string of the molecule is O=C(/C=C/c1nc2ccccc2o1)O[C@H](C(=O)N1CCCC1)c1ccccc1. The zero-order chi connectivity index (χ0) is 19.3. The Hall–Kier alpha value is -3.41. The molecule has 0 aliphatic carbocycles. The first kappa shape index (κ1) is 18.0. The van der Waals surface area contributed by atoms with Crippen molar-refractivity contribution in [1.82, 2.24) is 9.88 Å². The maximum absolute atomic E-state index is 12.9. The summed E-state index contributed by atoms with van der Waals surface area (Å²) in [5.74, 6) is -0.503. The molecule has 1 amide bonds. The van der Waals surface area contributed by atoms with Gasteiger partial charge in [-0.3, -0.25) is 4.79 Å². The van der Waals surface area contributed by atoms with E-state index in [0.717, 1.165) is 12.8 Å². The summed E-state index contributed by atoms with van der Waals surface area (Å²) in [5.41, 5.74) is 2.01. The minimum Gasteiger partial charge on any atom is -0.444 e. The zero-order valence-electron chi connectivity index (χ0n) is 15.3. The van der Waals surface area contributed by atoms with Crippen molar-refractivity contribution in [3.05, 3.63) is 72.1 Å². The average molecular weight is 376 g/mol. The molecule has 0 spiro atoms. The van der Waals surface area contributed by atoms with Gasteiger partial charge in [0.05, 0.1) is 0 Å². The molecule has 1 atom stereocenters. The highest BCUT2D eigenvalue weighted by Crippen LogP contribution is 2.23. The number of oxazole rings is 1. The lowest BCUT2D eigenvalue weighted by Crippen LogP contribution is -2.34. The van der Waals surface area contributed by atoms with Crippen LogP contribution in [0.4, 0.5) is 0 Å². The van der Waals surface area contributed by atoms with Crippen LogP contribution in [-0.2, 0) is 14.3 Å². The van der Waals surface area contributed by atoms with Gasteiger partial charge in [-0.05, 0) is 25.0 Å². The summed E-state index contributed by atoms with van der Waals surface area (Å²) in [6.45, 7) is 1.39. The number of carbonyl (C=O) groups excluding carboxylic acids is 2. The lowest BCUT2D eigenvalue weighted by atomic mass is 10.1. The molecule has 6 heteroatoms. The normalized spacial score (nSPS) is 15.2. The molecule has 2 heterocycles. The second-order valence-electron chi connectivity index (χ2n) is 6.61. The topological polar surface area (TPSA) is 72.6 Å². The summed E-state index contributed by atoms with van der Waals surface area (Å²) in [5, 5.41) is 0. The fourth-order valence-corrected chi connectivity index (χ4v) is 3.25. The fourth-order valence-electron chi connectivity index (χ4n) is 3.25. The lowest BCUT2D eigenvalue weighted by Gasteiger charge is -2.23. The van der Waals surface area contributed by atoms with Crippen molar-refractivity contribution in [2.75, 3.05) is 13.1 Å². The van der Waals surface area contributed by atoms with E-state index in [1.807, 2.05) is 36.4 Å². The molecule has 6 nitrogen and oxygen atoms in total. The molecule has 142 valence electrons. The standard InChI is InChI=1S/C22H20N2O4/c25-20(13-12-19-23-17-10-4-5-11-18(17)27-19)28-21(16-8-2-1-3-9-16)22(26)24-14-6-7-15-24/h1-5,8-13,21H,6-7,14-15H2/b13-12+/t21-/m0/s1. The summed E-state index contributed by atoms with van der Waals surface area (Å²) in [6, 6.07) is 16.4. The Morgan fingerprint density at radius 3 is 2.50 bits per heavy atom. The molecule has 1 aromatic heterocycles. The summed E-state index contributed by atoms with van der Waals surface area (Å²) in [4.78, 5) is 31.3. The highest BCUT2D eigenvalue weighted by Gasteiger charge is 2.30. The summed E-state index contributed by atoms with van der Waals surface area (Å²) < 4.78 is 11.1. The van der Waals surface area contributed by atoms with E-state index in [4.69, 9.17) is 9.15 Å². The Balaban J connectivity index is 1.50. The molecule has 3 aromatic rings. The number of amides is 1. The van der Waals surface area contributed by atoms with Gasteiger partial charge in [0.25, 0.3) is 5.91 Å². The summed E-state index contributed by atoms with van der Waals surface area (Å²) >= 11 is 0. The van der Waals surface area contributed by atoms with E-state index < -0.39 is 12.1 Å². The van der Waals surface area contributed by atoms with Crippen LogP contribution in [0, 0.1) is 0 Å². The number of hydrogen-bond acceptors (Lipinski definition) is 5. The third-order valence-corrected chi connectivity index (χ3v) is 4.65. The van der Waals surface area contributed by atoms with E-state index in [9.17, 15) is 9.59 Å². The van der Waals surface area contributed by atoms with Crippen LogP contribution >= 0.6 is 0 Å². The van der Waals surface area contributed by atoms with Crippen LogP contribution in [0.5, 0.6) is 0 Å². The molecule has 0 radical (unpaired) electrons. The van der Waals surface area contributed by atoms with Crippen molar-refractivity contribution >= 4 is 29.1 Å². The van der Waals surface area contributed by atoms with Crippen LogP contribution in [0.1, 0.15) is 30.4 Å². The molecular formula is C22H20N2O4. The highest BCUT2D eigenvalue weighted by molar-refractivity contribution is 5.91. The van der Waals surface area contributed by atoms with Crippen LogP contribution in [0.25, 0.3) is 17.2 Å². The monoisotopic (exact) mass is 376 g/mol. The summed E-state index contributed by atoms with van der Waals surface area (Å²) in [7, 11) is 0. The van der Waals surface area contributed by atoms with Gasteiger partial charge in [-0.2, -0.15) is 0 Å². The number of benzene rings is 2. The Kier molecular flexibility index (Phi) is 5.19. The van der Waals surface area contributed by atoms with E-state index in [-0.39, 0.29) is 5.91 Å². The van der Waals surface area contributed by atoms with E-state index in [2.05, 4.69) is 4.98 Å². The molecule has 0 unspecified atom stereocenters. The summed E-state index contributed by atoms with van der Waals surface area (Å²) in [6.07, 6.45) is 3.67. The first-order chi connectivity index (χ1) is 13.7. The van der Waals surface area contributed by atoms with Crippen molar-refractivity contribution in [3.8, 4) is 0 Å². The van der Waals surface area contributed by atoms with Crippen molar-refractivity contribution in [2.24, 2.45) is 0 Å². The predicted octanol–water partition coefficient (Wildman–Crippen LogP) is 3.75. The van der Waals surface area contributed by atoms with Gasteiger partial charge in [-0.1, -0.05) is 42.5 Å². The largest absolute Gasteiger partial charge is 0.444 e. The average Bonchev–Trinajstić information content (AvgIpc) is 3.40. The maximum Gasteiger partial charge on any atom is 0.332 e. The van der Waals surface area contributed by atoms with Gasteiger partial charge >= 0.3 is 5.97 Å². The van der Waals surface area contributed by atoms with Crippen molar-refractivity contribution in [2.45, 2.75) is 18.9 Å². The first-order valence-corrected chi connectivity index (χ1v) is 9.29. The Morgan fingerprint density at radius 2 is 1.75 bits per heavy atom. The molecule has 1 saturated heterocycles. The van der Waals surface area contributed by atoms with Gasteiger partial charge in [-0.25, -0.2) is 9.78 Å². The number of fused-ring (bicyclic) bond motifs is 1. The van der Waals surface area contributed by atoms with Gasteiger partial charge in [0.2, 0.25) is 12.0 Å². The van der Waals surface area contributed by atoms with E-state index in [1.54, 1.807) is 23.1 Å². The van der Waals surface area contributed by atoms with Gasteiger partial charge in [-0.15, -0.1) is 0 Å². The second-order valence-corrected chi connectivity index (χ2v) is 6.61. The number of carbonyl (C=O) groups is 2. The number of para-hydroxylation sites is 2. The molecule has 2 aromatic carbocycles. The number of likely N-dealkylation sites (tertiary alicyclic amines) is 1. The third-order valence-electron chi connectivity index (χ3n) is 4.65. The Labute approximate surface area is 162 Å². The van der Waals surface area contributed by atoms with E-state index in [1.165, 1.54) is 12.2 Å². The number of aromatic nitrogens is 1. The number of ether oxygens (including phenoxy) is 1. The van der Waals surface area contributed by atoms with Gasteiger partial charge in [0.15, 0.2) is 5.58 Å². The van der Waals surface area contributed by atoms with Crippen LogP contribution in [-0.4, -0.2) is 34.8 Å². The van der Waals surface area contributed by atoms with E-state index in [0.29, 0.717) is 35.6 Å². The molecule has 1 aliphatic heterocycles. The van der Waals surface area contributed by atoms with E-state index >= 15 is 0 Å². The minimum atomic E-state index is -0.958. The maximum atomic E-state index is 12.9. The molecular weight excluding hydrogens is 356 g/mol. The Morgan fingerprint density at radius 1 is 1.04 bits per heavy atom. The number of nitrogens with zero attached hydrogens (tertiary/aromatic N) is 2. The molecule has 0 bridgehead atoms. The number of hydrogen-bond donors (Lipinski definition) is 0. The quantitative estimate of drug-likeness (QED) is 0.501. The van der Waals surface area contributed by atoms with Crippen molar-refractivity contribution in [3.63, 3.8) is 0 Å². The van der Waals surface area contributed by atoms with Gasteiger partial charge < -0.3 is 14.1 Å². The third kappa shape index (κ3) is 3.96. The molecule has 1 fully saturated rings. The Bertz CT molecular complexity index is 971. The fraction of sp³-hybridized carbons (Fsp3) is 0.227. The van der Waals surface area contributed by atoms with Crippen LogP contribution in [0.2, 0.25) is 0 Å².